The van der Waals surface area contributed by atoms with E-state index in [0.29, 0.717) is 48.6 Å². The lowest BCUT2D eigenvalue weighted by Gasteiger charge is -2.32. The molecule has 2 atom stereocenters. The molecule has 0 spiro atoms. The van der Waals surface area contributed by atoms with Crippen molar-refractivity contribution >= 4 is 17.5 Å². The maximum absolute atomic E-state index is 14.6. The van der Waals surface area contributed by atoms with Crippen molar-refractivity contribution in [2.24, 2.45) is 15.2 Å². The van der Waals surface area contributed by atoms with Crippen LogP contribution in [0.15, 0.2) is 118 Å². The van der Waals surface area contributed by atoms with Crippen LogP contribution in [0.25, 0.3) is 20.9 Å². The highest BCUT2D eigenvalue weighted by molar-refractivity contribution is 6.01. The van der Waals surface area contributed by atoms with Gasteiger partial charge in [-0.15, -0.1) is 0 Å². The molecule has 1 aliphatic heterocycles. The summed E-state index contributed by atoms with van der Waals surface area (Å²) >= 11 is 0. The van der Waals surface area contributed by atoms with Gasteiger partial charge in [-0.3, -0.25) is 4.79 Å². The molecule has 12 nitrogen and oxygen atoms in total. The summed E-state index contributed by atoms with van der Waals surface area (Å²) in [6.07, 6.45) is 1.12. The fraction of sp³-hybridized carbons (Fsp3) is 0.278. The van der Waals surface area contributed by atoms with Gasteiger partial charge in [-0.05, 0) is 64.9 Å². The van der Waals surface area contributed by atoms with Crippen molar-refractivity contribution in [3.63, 3.8) is 0 Å². The molecule has 0 bridgehead atoms. The smallest absolute Gasteiger partial charge is 0.252 e. The van der Waals surface area contributed by atoms with Crippen LogP contribution in [0, 0.1) is 0 Å². The van der Waals surface area contributed by atoms with Crippen LogP contribution in [0.3, 0.4) is 0 Å². The van der Waals surface area contributed by atoms with Crippen molar-refractivity contribution in [1.29, 1.82) is 0 Å². The molecule has 0 fully saturated rings. The second kappa shape index (κ2) is 16.7. The third-order valence-corrected chi connectivity index (χ3v) is 8.05. The van der Waals surface area contributed by atoms with E-state index in [4.69, 9.17) is 25.1 Å². The van der Waals surface area contributed by atoms with Crippen LogP contribution in [0.4, 0.5) is 5.69 Å². The molecule has 1 heterocycles. The standard InChI is InChI=1S/C36H36N8O4/c37-43-40-25-29-14-5-4-13-28(29)24-36(35(46)39-21-8-12-26-10-2-1-3-11-26)33(31-15-6-7-16-32(31)42-44-38)48-34(41-36)27-17-19-30(20-18-27)47-23-9-22-45/h1-7,10-11,13-20,33,45H,8-9,12,21-25H2,(H,39,46)/t33-,36-/m1/s1. The number of aryl methyl sites for hydroxylation is 1. The van der Waals surface area contributed by atoms with Crippen LogP contribution in [0.1, 0.15) is 46.8 Å². The lowest BCUT2D eigenvalue weighted by atomic mass is 9.80. The molecule has 5 rings (SSSR count). The van der Waals surface area contributed by atoms with E-state index < -0.39 is 11.6 Å². The average molecular weight is 645 g/mol. The molecule has 0 saturated carbocycles. The van der Waals surface area contributed by atoms with Gasteiger partial charge in [0, 0.05) is 52.6 Å². The Labute approximate surface area is 278 Å². The van der Waals surface area contributed by atoms with E-state index in [-0.39, 0.29) is 31.4 Å². The summed E-state index contributed by atoms with van der Waals surface area (Å²) in [7, 11) is 0. The van der Waals surface area contributed by atoms with Gasteiger partial charge in [0.15, 0.2) is 11.6 Å². The van der Waals surface area contributed by atoms with Crippen LogP contribution in [-0.2, 0) is 28.9 Å². The molecule has 2 N–H and O–H groups in total. The minimum Gasteiger partial charge on any atom is -0.494 e. The summed E-state index contributed by atoms with van der Waals surface area (Å²) in [6, 6.07) is 31.6. The summed E-state index contributed by atoms with van der Waals surface area (Å²) < 4.78 is 12.3. The predicted octanol–water partition coefficient (Wildman–Crippen LogP) is 7.45. The Morgan fingerprint density at radius 2 is 1.65 bits per heavy atom. The Kier molecular flexibility index (Phi) is 11.7. The number of hydrogen-bond acceptors (Lipinski definition) is 7. The van der Waals surface area contributed by atoms with Crippen LogP contribution < -0.4 is 10.1 Å². The zero-order valence-corrected chi connectivity index (χ0v) is 26.4. The topological polar surface area (TPSA) is 178 Å². The average Bonchev–Trinajstić information content (AvgIpc) is 3.51. The number of aliphatic imine (C=N–C) groups is 1. The molecule has 1 amide bonds. The normalized spacial score (nSPS) is 16.5. The number of ether oxygens (including phenoxy) is 2. The highest BCUT2D eigenvalue weighted by Crippen LogP contribution is 2.45. The van der Waals surface area contributed by atoms with Crippen molar-refractivity contribution in [3.8, 4) is 5.75 Å². The summed E-state index contributed by atoms with van der Waals surface area (Å²) in [5, 5.41) is 19.9. The van der Waals surface area contributed by atoms with Crippen molar-refractivity contribution in [2.45, 2.75) is 43.9 Å². The van der Waals surface area contributed by atoms with Crippen molar-refractivity contribution < 1.29 is 19.4 Å². The third-order valence-electron chi connectivity index (χ3n) is 8.05. The van der Waals surface area contributed by atoms with Gasteiger partial charge in [-0.25, -0.2) is 4.99 Å². The molecule has 0 saturated heterocycles. The van der Waals surface area contributed by atoms with Gasteiger partial charge in [-0.1, -0.05) is 89.1 Å². The Morgan fingerprint density at radius 3 is 2.40 bits per heavy atom. The number of benzene rings is 4. The Hall–Kier alpha value is -5.80. The predicted molar refractivity (Wildman–Crippen MR) is 183 cm³/mol. The van der Waals surface area contributed by atoms with Gasteiger partial charge in [0.05, 0.1) is 13.2 Å². The lowest BCUT2D eigenvalue weighted by molar-refractivity contribution is -0.128. The highest BCUT2D eigenvalue weighted by atomic mass is 16.5. The van der Waals surface area contributed by atoms with Crippen LogP contribution in [-0.4, -0.2) is 42.2 Å². The number of carbonyl (C=O) groups excluding carboxylic acids is 1. The lowest BCUT2D eigenvalue weighted by Crippen LogP contribution is -2.50. The molecule has 1 aliphatic rings. The minimum atomic E-state index is -1.54. The molecule has 4 aromatic rings. The molecule has 0 aromatic heterocycles. The van der Waals surface area contributed by atoms with Crippen LogP contribution in [0.5, 0.6) is 5.75 Å². The van der Waals surface area contributed by atoms with E-state index in [2.05, 4.69) is 37.5 Å². The summed E-state index contributed by atoms with van der Waals surface area (Å²) in [5.74, 6) is 0.504. The first kappa shape index (κ1) is 33.6. The Balaban J connectivity index is 1.57. The number of aliphatic hydroxyl groups is 1. The van der Waals surface area contributed by atoms with Gasteiger partial charge >= 0.3 is 0 Å². The van der Waals surface area contributed by atoms with E-state index in [1.54, 1.807) is 48.5 Å². The molecule has 48 heavy (non-hydrogen) atoms. The zero-order chi connectivity index (χ0) is 33.6. The monoisotopic (exact) mass is 644 g/mol. The fourth-order valence-electron chi connectivity index (χ4n) is 5.68. The van der Waals surface area contributed by atoms with Crippen LogP contribution in [0.2, 0.25) is 0 Å². The number of azide groups is 2. The quantitative estimate of drug-likeness (QED) is 0.0557. The molecule has 244 valence electrons. The largest absolute Gasteiger partial charge is 0.494 e. The third kappa shape index (κ3) is 8.12. The summed E-state index contributed by atoms with van der Waals surface area (Å²) in [6.45, 7) is 0.889. The van der Waals surface area contributed by atoms with Gasteiger partial charge < -0.3 is 19.9 Å². The number of nitrogens with one attached hydrogen (secondary N) is 1. The first-order chi connectivity index (χ1) is 23.6. The number of hydrogen-bond donors (Lipinski definition) is 2. The van der Waals surface area contributed by atoms with E-state index in [9.17, 15) is 10.3 Å². The first-order valence-electron chi connectivity index (χ1n) is 15.7. The van der Waals surface area contributed by atoms with Gasteiger partial charge in [-0.2, -0.15) is 0 Å². The minimum absolute atomic E-state index is 0.0316. The SMILES string of the molecule is [N-]=[N+]=NCc1ccccc1C[C@@]1(C(=O)NCCCc2ccccc2)N=C(c2ccc(OCCCO)cc2)O[C@@H]1c1ccccc1N=[N+]=[N-]. The Bertz CT molecular complexity index is 1820. The zero-order valence-electron chi connectivity index (χ0n) is 26.4. The number of nitrogens with zero attached hydrogens (tertiary/aromatic N) is 7. The maximum Gasteiger partial charge on any atom is 0.252 e. The van der Waals surface area contributed by atoms with Crippen molar-refractivity contribution in [3.05, 3.63) is 152 Å². The van der Waals surface area contributed by atoms with E-state index in [1.165, 1.54) is 5.56 Å². The van der Waals surface area contributed by atoms with Gasteiger partial charge in [0.25, 0.3) is 5.91 Å². The first-order valence-corrected chi connectivity index (χ1v) is 15.7. The number of aliphatic hydroxyl groups excluding tert-OH is 1. The van der Waals surface area contributed by atoms with Gasteiger partial charge in [0.2, 0.25) is 5.90 Å². The molecule has 0 radical (unpaired) electrons. The maximum atomic E-state index is 14.6. The fourth-order valence-corrected chi connectivity index (χ4v) is 5.68. The van der Waals surface area contributed by atoms with Crippen molar-refractivity contribution in [1.82, 2.24) is 5.32 Å². The molecule has 0 unspecified atom stereocenters. The molecule has 4 aromatic carbocycles. The molecule has 12 heteroatoms. The molecular formula is C36H36N8O4. The van der Waals surface area contributed by atoms with E-state index in [0.717, 1.165) is 17.5 Å². The summed E-state index contributed by atoms with van der Waals surface area (Å²) in [5.41, 5.74) is 21.0. The number of rotatable bonds is 16. The molecular weight excluding hydrogens is 608 g/mol. The van der Waals surface area contributed by atoms with E-state index in [1.807, 2.05) is 42.5 Å². The second-order valence-corrected chi connectivity index (χ2v) is 11.2. The van der Waals surface area contributed by atoms with Crippen LogP contribution >= 0.6 is 0 Å². The number of carbonyl (C=O) groups is 1. The van der Waals surface area contributed by atoms with E-state index >= 15 is 0 Å². The highest BCUT2D eigenvalue weighted by Gasteiger charge is 2.54. The summed E-state index contributed by atoms with van der Waals surface area (Å²) in [4.78, 5) is 25.6. The molecule has 0 aliphatic carbocycles. The second-order valence-electron chi connectivity index (χ2n) is 11.2. The number of amides is 1. The van der Waals surface area contributed by atoms with Crippen molar-refractivity contribution in [2.75, 3.05) is 19.8 Å². The van der Waals surface area contributed by atoms with Gasteiger partial charge in [0.1, 0.15) is 5.75 Å². The Morgan fingerprint density at radius 1 is 0.917 bits per heavy atom.